The van der Waals surface area contributed by atoms with Crippen LogP contribution >= 0.6 is 15.9 Å². The lowest BCUT2D eigenvalue weighted by Gasteiger charge is -2.42. The molecule has 170 valence electrons. The van der Waals surface area contributed by atoms with Gasteiger partial charge in [0, 0.05) is 15.6 Å². The fraction of sp³-hybridized carbons (Fsp3) is 0.152. The molecule has 1 aliphatic carbocycles. The second-order valence-corrected chi connectivity index (χ2v) is 11.3. The Hall–Kier alpha value is -3.36. The van der Waals surface area contributed by atoms with Crippen molar-refractivity contribution in [3.63, 3.8) is 0 Å². The molecule has 1 nitrogen and oxygen atoms in total. The van der Waals surface area contributed by atoms with Crippen LogP contribution in [0.5, 0.6) is 0 Å². The van der Waals surface area contributed by atoms with E-state index in [-0.39, 0.29) is 5.41 Å². The van der Waals surface area contributed by atoms with Crippen LogP contribution in [0.3, 0.4) is 0 Å². The predicted molar refractivity (Wildman–Crippen MR) is 151 cm³/mol. The van der Waals surface area contributed by atoms with E-state index in [0.29, 0.717) is 0 Å². The quantitative estimate of drug-likeness (QED) is 0.211. The minimum Gasteiger partial charge on any atom is -0.310 e. The number of hydrogen-bond donors (Lipinski definition) is 0. The Balaban J connectivity index is 1.36. The molecule has 1 heterocycles. The van der Waals surface area contributed by atoms with Crippen LogP contribution in [0.2, 0.25) is 0 Å². The van der Waals surface area contributed by atoms with Gasteiger partial charge in [-0.05, 0) is 93.4 Å². The third-order valence-electron chi connectivity index (χ3n) is 7.97. The summed E-state index contributed by atoms with van der Waals surface area (Å²) in [6.07, 6.45) is 1.97. The normalized spacial score (nSPS) is 15.2. The Morgan fingerprint density at radius 2 is 1.20 bits per heavy atom. The van der Waals surface area contributed by atoms with E-state index in [1.54, 1.807) is 0 Å². The minimum absolute atomic E-state index is 0.0348. The van der Waals surface area contributed by atoms with Crippen molar-refractivity contribution in [3.8, 4) is 0 Å². The number of halogens is 1. The Bertz CT molecular complexity index is 1600. The van der Waals surface area contributed by atoms with Gasteiger partial charge < -0.3 is 4.90 Å². The van der Waals surface area contributed by atoms with E-state index in [2.05, 4.69) is 132 Å². The number of anilines is 3. The molecule has 1 aliphatic heterocycles. The van der Waals surface area contributed by atoms with Crippen molar-refractivity contribution in [1.29, 1.82) is 0 Å². The Kier molecular flexibility index (Phi) is 4.53. The van der Waals surface area contributed by atoms with Crippen molar-refractivity contribution < 1.29 is 0 Å². The molecule has 2 heteroatoms. The van der Waals surface area contributed by atoms with Crippen LogP contribution in [0.4, 0.5) is 17.1 Å². The van der Waals surface area contributed by atoms with Crippen molar-refractivity contribution in [3.05, 3.63) is 135 Å². The summed E-state index contributed by atoms with van der Waals surface area (Å²) in [7, 11) is 0. The van der Waals surface area contributed by atoms with E-state index < -0.39 is 0 Å². The molecular formula is C33H26BrN. The highest BCUT2D eigenvalue weighted by atomic mass is 79.9. The van der Waals surface area contributed by atoms with Crippen LogP contribution in [0, 0.1) is 0 Å². The first-order valence-corrected chi connectivity index (χ1v) is 13.1. The standard InChI is InChI=1S/C33H26BrN/c1-33(2)29-7-3-5-9-31(29)35(32-10-6-4-8-30(32)33)28-14-12-22-16-23-17-25-19-27(34)13-11-21(25)15-24(23)18-26(22)20-28/h3-15,17,19-20H,16,18H2,1-2H3. The smallest absolute Gasteiger partial charge is 0.0502 e. The monoisotopic (exact) mass is 515 g/mol. The zero-order valence-corrected chi connectivity index (χ0v) is 21.6. The summed E-state index contributed by atoms with van der Waals surface area (Å²) in [5.41, 5.74) is 12.3. The summed E-state index contributed by atoms with van der Waals surface area (Å²) in [5, 5.41) is 2.62. The Labute approximate surface area is 215 Å². The molecule has 2 aliphatic rings. The number of nitrogens with zero attached hydrogens (tertiary/aromatic N) is 1. The maximum Gasteiger partial charge on any atom is 0.0502 e. The topological polar surface area (TPSA) is 3.24 Å². The molecule has 0 aromatic heterocycles. The minimum atomic E-state index is -0.0348. The van der Waals surface area contributed by atoms with E-state index in [9.17, 15) is 0 Å². The van der Waals surface area contributed by atoms with Crippen molar-refractivity contribution in [2.45, 2.75) is 32.1 Å². The summed E-state index contributed by atoms with van der Waals surface area (Å²) in [4.78, 5) is 2.46. The predicted octanol–water partition coefficient (Wildman–Crippen LogP) is 9.21. The zero-order chi connectivity index (χ0) is 23.7. The van der Waals surface area contributed by atoms with Crippen LogP contribution < -0.4 is 4.90 Å². The zero-order valence-electron chi connectivity index (χ0n) is 20.0. The first-order chi connectivity index (χ1) is 17.0. The maximum atomic E-state index is 3.63. The summed E-state index contributed by atoms with van der Waals surface area (Å²) >= 11 is 3.63. The van der Waals surface area contributed by atoms with Crippen molar-refractivity contribution in [2.24, 2.45) is 0 Å². The molecule has 0 fully saturated rings. The summed E-state index contributed by atoms with van der Waals surface area (Å²) in [5.74, 6) is 0. The lowest BCUT2D eigenvalue weighted by Crippen LogP contribution is -2.30. The fourth-order valence-electron chi connectivity index (χ4n) is 6.14. The number of benzene rings is 5. The molecule has 5 aromatic rings. The van der Waals surface area contributed by atoms with Gasteiger partial charge in [0.15, 0.2) is 0 Å². The molecule has 0 radical (unpaired) electrons. The Morgan fingerprint density at radius 3 is 1.91 bits per heavy atom. The largest absolute Gasteiger partial charge is 0.310 e. The van der Waals surface area contributed by atoms with Gasteiger partial charge in [0.25, 0.3) is 0 Å². The van der Waals surface area contributed by atoms with Crippen molar-refractivity contribution in [1.82, 2.24) is 0 Å². The third kappa shape index (κ3) is 3.20. The molecule has 35 heavy (non-hydrogen) atoms. The van der Waals surface area contributed by atoms with Gasteiger partial charge in [-0.2, -0.15) is 0 Å². The Morgan fingerprint density at radius 1 is 0.600 bits per heavy atom. The van der Waals surface area contributed by atoms with Crippen molar-refractivity contribution >= 4 is 43.8 Å². The number of fused-ring (bicyclic) bond motifs is 5. The van der Waals surface area contributed by atoms with Crippen LogP contribution in [0.25, 0.3) is 10.8 Å². The highest BCUT2D eigenvalue weighted by Crippen LogP contribution is 2.51. The summed E-state index contributed by atoms with van der Waals surface area (Å²) in [6.45, 7) is 4.68. The number of para-hydroxylation sites is 2. The molecule has 0 spiro atoms. The maximum absolute atomic E-state index is 3.63. The molecule has 0 N–H and O–H groups in total. The average molecular weight is 516 g/mol. The fourth-order valence-corrected chi connectivity index (χ4v) is 6.52. The third-order valence-corrected chi connectivity index (χ3v) is 8.46. The number of rotatable bonds is 1. The SMILES string of the molecule is CC1(C)c2ccccc2N(c2ccc3c(c2)Cc2cc4ccc(Br)cc4cc2C3)c2ccccc21. The van der Waals surface area contributed by atoms with Gasteiger partial charge in [0.2, 0.25) is 0 Å². The van der Waals surface area contributed by atoms with E-state index in [1.807, 2.05) is 0 Å². The highest BCUT2D eigenvalue weighted by Gasteiger charge is 2.36. The lowest BCUT2D eigenvalue weighted by molar-refractivity contribution is 0.632. The van der Waals surface area contributed by atoms with Gasteiger partial charge in [0.1, 0.15) is 0 Å². The first-order valence-electron chi connectivity index (χ1n) is 12.3. The van der Waals surface area contributed by atoms with Gasteiger partial charge >= 0.3 is 0 Å². The van der Waals surface area contributed by atoms with Gasteiger partial charge in [-0.25, -0.2) is 0 Å². The molecule has 0 atom stereocenters. The van der Waals surface area contributed by atoms with Crippen LogP contribution in [-0.4, -0.2) is 0 Å². The average Bonchev–Trinajstić information content (AvgIpc) is 2.86. The summed E-state index contributed by atoms with van der Waals surface area (Å²) < 4.78 is 1.14. The van der Waals surface area contributed by atoms with Gasteiger partial charge in [0.05, 0.1) is 11.4 Å². The molecule has 5 aromatic carbocycles. The van der Waals surface area contributed by atoms with E-state index in [4.69, 9.17) is 0 Å². The molecule has 0 saturated carbocycles. The van der Waals surface area contributed by atoms with E-state index in [1.165, 1.54) is 61.2 Å². The van der Waals surface area contributed by atoms with E-state index >= 15 is 0 Å². The van der Waals surface area contributed by atoms with Crippen molar-refractivity contribution in [2.75, 3.05) is 4.90 Å². The lowest BCUT2D eigenvalue weighted by atomic mass is 9.73. The van der Waals surface area contributed by atoms with Gasteiger partial charge in [-0.3, -0.25) is 0 Å². The van der Waals surface area contributed by atoms with Crippen LogP contribution in [-0.2, 0) is 18.3 Å². The second kappa shape index (κ2) is 7.57. The van der Waals surface area contributed by atoms with E-state index in [0.717, 1.165) is 17.3 Å². The summed E-state index contributed by atoms with van der Waals surface area (Å²) in [6, 6.07) is 36.2. The first kappa shape index (κ1) is 21.0. The second-order valence-electron chi connectivity index (χ2n) is 10.4. The molecule has 0 bridgehead atoms. The van der Waals surface area contributed by atoms with Crippen LogP contribution in [0.15, 0.2) is 102 Å². The molecule has 7 rings (SSSR count). The van der Waals surface area contributed by atoms with Gasteiger partial charge in [-0.15, -0.1) is 0 Å². The molecule has 0 saturated heterocycles. The molecule has 0 amide bonds. The molecular weight excluding hydrogens is 490 g/mol. The van der Waals surface area contributed by atoms with Crippen LogP contribution in [0.1, 0.15) is 47.2 Å². The highest BCUT2D eigenvalue weighted by molar-refractivity contribution is 9.10. The van der Waals surface area contributed by atoms with Gasteiger partial charge in [-0.1, -0.05) is 90.4 Å². The number of hydrogen-bond acceptors (Lipinski definition) is 1. The molecule has 0 unspecified atom stereocenters.